The second-order valence-electron chi connectivity index (χ2n) is 6.12. The lowest BCUT2D eigenvalue weighted by Crippen LogP contribution is -2.13. The number of furan rings is 1. The Morgan fingerprint density at radius 3 is 2.07 bits per heavy atom. The van der Waals surface area contributed by atoms with E-state index in [0.29, 0.717) is 22.8 Å². The number of nitrogens with zero attached hydrogens (tertiary/aromatic N) is 2. The number of anilines is 2. The van der Waals surface area contributed by atoms with E-state index in [-0.39, 0.29) is 17.6 Å². The summed E-state index contributed by atoms with van der Waals surface area (Å²) in [7, 11) is 0. The van der Waals surface area contributed by atoms with E-state index in [4.69, 9.17) is 4.42 Å². The molecule has 29 heavy (non-hydrogen) atoms. The summed E-state index contributed by atoms with van der Waals surface area (Å²) in [6, 6.07) is 19.3. The average Bonchev–Trinajstić information content (AvgIpc) is 3.31. The van der Waals surface area contributed by atoms with Crippen LogP contribution in [0.25, 0.3) is 11.4 Å². The van der Waals surface area contributed by atoms with E-state index >= 15 is 0 Å². The molecule has 0 radical (unpaired) electrons. The van der Waals surface area contributed by atoms with Crippen molar-refractivity contribution in [1.82, 2.24) is 9.97 Å². The van der Waals surface area contributed by atoms with Crippen LogP contribution < -0.4 is 10.6 Å². The summed E-state index contributed by atoms with van der Waals surface area (Å²) in [6.45, 7) is 0. The summed E-state index contributed by atoms with van der Waals surface area (Å²) in [4.78, 5) is 33.0. The molecule has 142 valence electrons. The van der Waals surface area contributed by atoms with Gasteiger partial charge in [-0.2, -0.15) is 0 Å². The molecule has 2 heterocycles. The van der Waals surface area contributed by atoms with Crippen molar-refractivity contribution >= 4 is 23.2 Å². The highest BCUT2D eigenvalue weighted by Crippen LogP contribution is 2.16. The van der Waals surface area contributed by atoms with Crippen molar-refractivity contribution in [2.24, 2.45) is 0 Å². The number of carbonyl (C=O) groups is 2. The minimum Gasteiger partial charge on any atom is -0.459 e. The molecule has 0 unspecified atom stereocenters. The first-order valence-electron chi connectivity index (χ1n) is 8.83. The van der Waals surface area contributed by atoms with Gasteiger partial charge in [-0.15, -0.1) is 0 Å². The van der Waals surface area contributed by atoms with Gasteiger partial charge in [0.1, 0.15) is 0 Å². The fraction of sp³-hybridized carbons (Fsp3) is 0. The van der Waals surface area contributed by atoms with Crippen LogP contribution in [0.3, 0.4) is 0 Å². The third-order valence-electron chi connectivity index (χ3n) is 4.09. The van der Waals surface area contributed by atoms with Gasteiger partial charge in [0, 0.05) is 16.8 Å². The number of hydrogen-bond acceptors (Lipinski definition) is 5. The van der Waals surface area contributed by atoms with Crippen molar-refractivity contribution in [2.45, 2.75) is 0 Å². The Balaban J connectivity index is 1.39. The highest BCUT2D eigenvalue weighted by molar-refractivity contribution is 6.05. The molecule has 0 atom stereocenters. The second-order valence-corrected chi connectivity index (χ2v) is 6.12. The third kappa shape index (κ3) is 4.36. The van der Waals surface area contributed by atoms with Crippen molar-refractivity contribution in [3.8, 4) is 11.4 Å². The van der Waals surface area contributed by atoms with Crippen LogP contribution in [-0.2, 0) is 0 Å². The van der Waals surface area contributed by atoms with Crippen molar-refractivity contribution in [1.29, 1.82) is 0 Å². The van der Waals surface area contributed by atoms with Gasteiger partial charge in [0.25, 0.3) is 11.8 Å². The largest absolute Gasteiger partial charge is 0.459 e. The predicted molar refractivity (Wildman–Crippen MR) is 109 cm³/mol. The Morgan fingerprint density at radius 2 is 1.41 bits per heavy atom. The normalized spacial score (nSPS) is 10.3. The van der Waals surface area contributed by atoms with Gasteiger partial charge in [-0.1, -0.05) is 30.3 Å². The number of aromatic nitrogens is 2. The molecule has 0 bridgehead atoms. The van der Waals surface area contributed by atoms with E-state index in [2.05, 4.69) is 20.6 Å². The van der Waals surface area contributed by atoms with Crippen molar-refractivity contribution in [3.05, 3.63) is 96.7 Å². The van der Waals surface area contributed by atoms with Gasteiger partial charge in [0.05, 0.1) is 24.3 Å². The van der Waals surface area contributed by atoms with Gasteiger partial charge < -0.3 is 15.1 Å². The minimum atomic E-state index is -0.358. The quantitative estimate of drug-likeness (QED) is 0.536. The Morgan fingerprint density at radius 1 is 0.724 bits per heavy atom. The van der Waals surface area contributed by atoms with Gasteiger partial charge in [0.2, 0.25) is 0 Å². The molecule has 2 amide bonds. The van der Waals surface area contributed by atoms with E-state index in [1.54, 1.807) is 48.8 Å². The zero-order valence-electron chi connectivity index (χ0n) is 15.2. The smallest absolute Gasteiger partial charge is 0.291 e. The molecule has 0 saturated heterocycles. The van der Waals surface area contributed by atoms with E-state index in [0.717, 1.165) is 5.56 Å². The fourth-order valence-corrected chi connectivity index (χ4v) is 2.64. The number of amides is 2. The van der Waals surface area contributed by atoms with Crippen LogP contribution in [0.1, 0.15) is 20.9 Å². The molecule has 4 rings (SSSR count). The molecule has 7 nitrogen and oxygen atoms in total. The van der Waals surface area contributed by atoms with Crippen LogP contribution in [0.4, 0.5) is 11.4 Å². The molecular formula is C22H16N4O3. The van der Waals surface area contributed by atoms with E-state index in [1.165, 1.54) is 6.26 Å². The number of carbonyl (C=O) groups excluding carboxylic acids is 2. The maximum atomic E-state index is 12.4. The van der Waals surface area contributed by atoms with Crippen LogP contribution in [0.5, 0.6) is 0 Å². The first kappa shape index (κ1) is 18.1. The van der Waals surface area contributed by atoms with Crippen LogP contribution in [0, 0.1) is 0 Å². The fourth-order valence-electron chi connectivity index (χ4n) is 2.64. The van der Waals surface area contributed by atoms with Crippen LogP contribution in [-0.4, -0.2) is 21.8 Å². The monoisotopic (exact) mass is 384 g/mol. The summed E-state index contributed by atoms with van der Waals surface area (Å²) in [5.74, 6) is 0.138. The van der Waals surface area contributed by atoms with E-state index in [9.17, 15) is 9.59 Å². The highest BCUT2D eigenvalue weighted by Gasteiger charge is 2.11. The molecule has 0 aliphatic rings. The number of benzene rings is 2. The molecule has 2 N–H and O–H groups in total. The molecule has 0 spiro atoms. The maximum Gasteiger partial charge on any atom is 0.291 e. The number of hydrogen-bond donors (Lipinski definition) is 2. The molecule has 7 heteroatoms. The molecule has 0 aliphatic heterocycles. The third-order valence-corrected chi connectivity index (χ3v) is 4.09. The summed E-state index contributed by atoms with van der Waals surface area (Å²) < 4.78 is 5.04. The first-order chi connectivity index (χ1) is 14.2. The van der Waals surface area contributed by atoms with Gasteiger partial charge >= 0.3 is 0 Å². The topological polar surface area (TPSA) is 97.1 Å². The van der Waals surface area contributed by atoms with Crippen LogP contribution >= 0.6 is 0 Å². The summed E-state index contributed by atoms with van der Waals surface area (Å²) in [5.41, 5.74) is 2.38. The molecule has 0 aliphatic carbocycles. The number of nitrogens with one attached hydrogen (secondary N) is 2. The van der Waals surface area contributed by atoms with Gasteiger partial charge in [-0.3, -0.25) is 9.59 Å². The maximum absolute atomic E-state index is 12.4. The average molecular weight is 384 g/mol. The Kier molecular flexibility index (Phi) is 5.11. The summed E-state index contributed by atoms with van der Waals surface area (Å²) >= 11 is 0. The Labute approximate surface area is 166 Å². The zero-order valence-corrected chi connectivity index (χ0v) is 15.2. The van der Waals surface area contributed by atoms with E-state index in [1.807, 2.05) is 30.3 Å². The van der Waals surface area contributed by atoms with Gasteiger partial charge in [-0.05, 0) is 36.4 Å². The standard InChI is InChI=1S/C22H16N4O3/c27-21(26-18-13-23-20(24-14-18)15-5-2-1-3-6-15)16-8-10-17(11-9-16)25-22(28)19-7-4-12-29-19/h1-14H,(H,25,28)(H,26,27). The lowest BCUT2D eigenvalue weighted by molar-refractivity contribution is 0.0995. The predicted octanol–water partition coefficient (Wildman–Crippen LogP) is 4.24. The van der Waals surface area contributed by atoms with Gasteiger partial charge in [-0.25, -0.2) is 9.97 Å². The molecule has 2 aromatic heterocycles. The minimum absolute atomic E-state index is 0.214. The Bertz CT molecular complexity index is 1110. The second kappa shape index (κ2) is 8.18. The summed E-state index contributed by atoms with van der Waals surface area (Å²) in [6.07, 6.45) is 4.55. The lowest BCUT2D eigenvalue weighted by Gasteiger charge is -2.07. The molecular weight excluding hydrogens is 368 g/mol. The zero-order chi connectivity index (χ0) is 20.1. The molecule has 0 saturated carbocycles. The lowest BCUT2D eigenvalue weighted by atomic mass is 10.2. The molecule has 0 fully saturated rings. The first-order valence-corrected chi connectivity index (χ1v) is 8.83. The molecule has 2 aromatic carbocycles. The summed E-state index contributed by atoms with van der Waals surface area (Å²) in [5, 5.41) is 5.45. The van der Waals surface area contributed by atoms with Gasteiger partial charge in [0.15, 0.2) is 11.6 Å². The number of rotatable bonds is 5. The van der Waals surface area contributed by atoms with Crippen molar-refractivity contribution in [3.63, 3.8) is 0 Å². The SMILES string of the molecule is O=C(Nc1cnc(-c2ccccc2)nc1)c1ccc(NC(=O)c2ccco2)cc1. The molecule has 4 aromatic rings. The van der Waals surface area contributed by atoms with Crippen LogP contribution in [0.15, 0.2) is 89.8 Å². The highest BCUT2D eigenvalue weighted by atomic mass is 16.3. The van der Waals surface area contributed by atoms with E-state index < -0.39 is 0 Å². The Hall–Kier alpha value is -4.26. The van der Waals surface area contributed by atoms with Crippen molar-refractivity contribution < 1.29 is 14.0 Å². The van der Waals surface area contributed by atoms with Crippen molar-refractivity contribution in [2.75, 3.05) is 10.6 Å². The van der Waals surface area contributed by atoms with Crippen LogP contribution in [0.2, 0.25) is 0 Å².